The van der Waals surface area contributed by atoms with Gasteiger partial charge in [-0.2, -0.15) is 0 Å². The van der Waals surface area contributed by atoms with E-state index in [4.69, 9.17) is 4.74 Å². The largest absolute Gasteiger partial charge is 0.496 e. The molecule has 2 aromatic carbocycles. The van der Waals surface area contributed by atoms with Crippen LogP contribution >= 0.6 is 0 Å². The summed E-state index contributed by atoms with van der Waals surface area (Å²) in [7, 11) is 8.24. The van der Waals surface area contributed by atoms with E-state index in [2.05, 4.69) is 45.4 Å². The Bertz CT molecular complexity index is 517. The van der Waals surface area contributed by atoms with Gasteiger partial charge in [-0.15, -0.1) is 0 Å². The van der Waals surface area contributed by atoms with Crippen molar-refractivity contribution in [1.29, 1.82) is 0 Å². The summed E-state index contributed by atoms with van der Waals surface area (Å²) in [4.78, 5) is 0. The number of quaternary nitrogens is 1. The molecule has 0 unspecified atom stereocenters. The molecule has 0 heterocycles. The van der Waals surface area contributed by atoms with Crippen molar-refractivity contribution in [3.8, 4) is 5.75 Å². The molecular formula is C14H18NOSn+. The van der Waals surface area contributed by atoms with E-state index in [9.17, 15) is 0 Å². The van der Waals surface area contributed by atoms with Crippen molar-refractivity contribution in [2.45, 2.75) is 0 Å². The first kappa shape index (κ1) is 14.3. The van der Waals surface area contributed by atoms with Gasteiger partial charge in [0.25, 0.3) is 0 Å². The second-order valence-electron chi connectivity index (χ2n) is 4.84. The maximum Gasteiger partial charge on any atom is 0.140 e. The van der Waals surface area contributed by atoms with Crippen LogP contribution < -0.4 is 9.22 Å². The molecular weight excluding hydrogens is 317 g/mol. The Balaban J connectivity index is 0.00000144. The summed E-state index contributed by atoms with van der Waals surface area (Å²) in [6.45, 7) is 0. The summed E-state index contributed by atoms with van der Waals surface area (Å²) < 4.78 is 6.20. The van der Waals surface area contributed by atoms with Gasteiger partial charge >= 0.3 is 0 Å². The summed E-state index contributed by atoms with van der Waals surface area (Å²) in [5, 5.41) is 2.44. The molecule has 0 aliphatic carbocycles. The third-order valence-electron chi connectivity index (χ3n) is 2.80. The average Bonchev–Trinajstić information content (AvgIpc) is 2.26. The van der Waals surface area contributed by atoms with E-state index < -0.39 is 0 Å². The molecule has 0 saturated heterocycles. The molecule has 0 amide bonds. The van der Waals surface area contributed by atoms with Gasteiger partial charge in [0.1, 0.15) is 11.4 Å². The molecule has 0 spiro atoms. The maximum atomic E-state index is 5.39. The fourth-order valence-electron chi connectivity index (χ4n) is 2.02. The minimum Gasteiger partial charge on any atom is -0.496 e. The summed E-state index contributed by atoms with van der Waals surface area (Å²) >= 11 is 0. The zero-order valence-corrected chi connectivity index (χ0v) is 13.7. The van der Waals surface area contributed by atoms with Gasteiger partial charge in [-0.1, -0.05) is 18.2 Å². The fraction of sp³-hybridized carbons (Fsp3) is 0.286. The molecule has 0 aliphatic heterocycles. The third-order valence-corrected chi connectivity index (χ3v) is 2.80. The number of hydrogen-bond donors (Lipinski definition) is 0. The zero-order valence-electron chi connectivity index (χ0n) is 10.8. The SMILES string of the molecule is COc1ccc([N+](C)(C)C)c2ccccc12.[Sn]. The first-order valence-corrected chi connectivity index (χ1v) is 5.42. The smallest absolute Gasteiger partial charge is 0.140 e. The van der Waals surface area contributed by atoms with Gasteiger partial charge in [-0.25, -0.2) is 0 Å². The predicted octanol–water partition coefficient (Wildman–Crippen LogP) is 2.66. The van der Waals surface area contributed by atoms with Crippen LogP contribution in [-0.4, -0.2) is 52.2 Å². The molecule has 2 rings (SSSR count). The van der Waals surface area contributed by atoms with Gasteiger partial charge in [-0.3, -0.25) is 4.48 Å². The van der Waals surface area contributed by atoms with Crippen LogP contribution in [0.25, 0.3) is 10.8 Å². The molecule has 3 heteroatoms. The molecule has 0 atom stereocenters. The Labute approximate surface area is 120 Å². The van der Waals surface area contributed by atoms with E-state index in [0.29, 0.717) is 0 Å². The Morgan fingerprint density at radius 1 is 0.882 bits per heavy atom. The fourth-order valence-corrected chi connectivity index (χ4v) is 2.02. The van der Waals surface area contributed by atoms with E-state index in [1.807, 2.05) is 12.1 Å². The molecule has 88 valence electrons. The van der Waals surface area contributed by atoms with Crippen LogP contribution in [0.1, 0.15) is 0 Å². The van der Waals surface area contributed by atoms with Crippen LogP contribution in [0.4, 0.5) is 5.69 Å². The molecule has 0 fully saturated rings. The van der Waals surface area contributed by atoms with E-state index in [0.717, 1.165) is 10.2 Å². The Hall–Kier alpha value is -0.741. The second kappa shape index (κ2) is 5.27. The van der Waals surface area contributed by atoms with Crippen molar-refractivity contribution in [1.82, 2.24) is 4.48 Å². The van der Waals surface area contributed by atoms with Crippen LogP contribution in [-0.2, 0) is 0 Å². The summed E-state index contributed by atoms with van der Waals surface area (Å²) in [5.41, 5.74) is 1.30. The summed E-state index contributed by atoms with van der Waals surface area (Å²) in [6.07, 6.45) is 0. The Morgan fingerprint density at radius 3 is 2.00 bits per heavy atom. The predicted molar refractivity (Wildman–Crippen MR) is 75.8 cm³/mol. The van der Waals surface area contributed by atoms with Crippen LogP contribution in [0.5, 0.6) is 5.75 Å². The van der Waals surface area contributed by atoms with E-state index in [-0.39, 0.29) is 23.9 Å². The Morgan fingerprint density at radius 2 is 1.47 bits per heavy atom. The number of rotatable bonds is 2. The Kier molecular flexibility index (Phi) is 4.44. The molecule has 2 nitrogen and oxygen atoms in total. The minimum absolute atomic E-state index is 0. The first-order valence-electron chi connectivity index (χ1n) is 5.42. The summed E-state index contributed by atoms with van der Waals surface area (Å²) in [5.74, 6) is 0.938. The molecule has 0 bridgehead atoms. The zero-order chi connectivity index (χ0) is 11.8. The van der Waals surface area contributed by atoms with Crippen molar-refractivity contribution in [3.05, 3.63) is 36.4 Å². The first-order chi connectivity index (χ1) is 7.54. The van der Waals surface area contributed by atoms with E-state index in [1.165, 1.54) is 16.5 Å². The number of hydrogen-bond acceptors (Lipinski definition) is 1. The molecule has 2 aromatic rings. The molecule has 0 saturated carbocycles. The van der Waals surface area contributed by atoms with Crippen molar-refractivity contribution in [2.75, 3.05) is 28.3 Å². The molecule has 0 N–H and O–H groups in total. The third kappa shape index (κ3) is 2.75. The van der Waals surface area contributed by atoms with Crippen molar-refractivity contribution in [3.63, 3.8) is 0 Å². The van der Waals surface area contributed by atoms with Crippen LogP contribution in [0.2, 0.25) is 0 Å². The van der Waals surface area contributed by atoms with Crippen LogP contribution in [0.15, 0.2) is 36.4 Å². The van der Waals surface area contributed by atoms with E-state index in [1.54, 1.807) is 7.11 Å². The van der Waals surface area contributed by atoms with Gasteiger partial charge in [0.05, 0.1) is 28.3 Å². The van der Waals surface area contributed by atoms with Gasteiger partial charge in [0.15, 0.2) is 0 Å². The van der Waals surface area contributed by atoms with Gasteiger partial charge in [0, 0.05) is 40.7 Å². The molecule has 17 heavy (non-hydrogen) atoms. The monoisotopic (exact) mass is 336 g/mol. The standard InChI is InChI=1S/C14H18NO.Sn/c1-15(2,3)13-9-10-14(16-4)12-8-6-5-7-11(12)13;/h5-10H,1-4H3;/q+1;. The normalized spacial score (nSPS) is 11.1. The maximum absolute atomic E-state index is 5.39. The number of ether oxygens (including phenoxy) is 1. The summed E-state index contributed by atoms with van der Waals surface area (Å²) in [6, 6.07) is 12.6. The van der Waals surface area contributed by atoms with Crippen LogP contribution in [0.3, 0.4) is 0 Å². The molecule has 0 aromatic heterocycles. The van der Waals surface area contributed by atoms with Crippen LogP contribution in [0, 0.1) is 0 Å². The number of benzene rings is 2. The number of fused-ring (bicyclic) bond motifs is 1. The average molecular weight is 335 g/mol. The van der Waals surface area contributed by atoms with Crippen molar-refractivity contribution >= 4 is 40.4 Å². The molecule has 4 radical (unpaired) electrons. The van der Waals surface area contributed by atoms with Crippen molar-refractivity contribution in [2.24, 2.45) is 0 Å². The second-order valence-corrected chi connectivity index (χ2v) is 4.84. The minimum atomic E-state index is 0. The quantitative estimate of drug-likeness (QED) is 0.606. The number of methoxy groups -OCH3 is 1. The van der Waals surface area contributed by atoms with Gasteiger partial charge < -0.3 is 4.74 Å². The van der Waals surface area contributed by atoms with Gasteiger partial charge in [0.2, 0.25) is 0 Å². The van der Waals surface area contributed by atoms with Gasteiger partial charge in [-0.05, 0) is 12.1 Å². The topological polar surface area (TPSA) is 9.23 Å². The number of nitrogens with zero attached hydrogens (tertiary/aromatic N) is 1. The van der Waals surface area contributed by atoms with Crippen molar-refractivity contribution < 1.29 is 4.74 Å². The molecule has 0 aliphatic rings. The van der Waals surface area contributed by atoms with E-state index >= 15 is 0 Å².